The first-order valence-electron chi connectivity index (χ1n) is 4.68. The van der Waals surface area contributed by atoms with Crippen molar-refractivity contribution >= 4 is 26.9 Å². The Kier molecular flexibility index (Phi) is 2.89. The average molecular weight is 254 g/mol. The molecule has 0 saturated heterocycles. The van der Waals surface area contributed by atoms with Gasteiger partial charge in [-0.1, -0.05) is 22.9 Å². The maximum atomic E-state index is 5.64. The Bertz CT molecular complexity index is 436. The fourth-order valence-corrected chi connectivity index (χ4v) is 1.78. The molecule has 0 aliphatic rings. The van der Waals surface area contributed by atoms with Crippen LogP contribution in [0.15, 0.2) is 33.2 Å². The van der Waals surface area contributed by atoms with Gasteiger partial charge in [0.1, 0.15) is 11.3 Å². The molecule has 0 fully saturated rings. The smallest absolute Gasteiger partial charge is 0.134 e. The van der Waals surface area contributed by atoms with Crippen LogP contribution in [-0.4, -0.2) is 6.54 Å². The lowest BCUT2D eigenvalue weighted by Gasteiger charge is -1.94. The highest BCUT2D eigenvalue weighted by atomic mass is 79.9. The lowest BCUT2D eigenvalue weighted by atomic mass is 10.2. The molecule has 0 amide bonds. The second-order valence-electron chi connectivity index (χ2n) is 3.18. The van der Waals surface area contributed by atoms with Gasteiger partial charge >= 0.3 is 0 Å². The molecule has 2 nitrogen and oxygen atoms in total. The largest absolute Gasteiger partial charge is 0.460 e. The molecule has 0 spiro atoms. The van der Waals surface area contributed by atoms with E-state index in [9.17, 15) is 0 Å². The summed E-state index contributed by atoms with van der Waals surface area (Å²) in [5, 5.41) is 4.38. The minimum atomic E-state index is 0.794. The van der Waals surface area contributed by atoms with Crippen LogP contribution in [0.4, 0.5) is 0 Å². The third-order valence-electron chi connectivity index (χ3n) is 2.08. The van der Waals surface area contributed by atoms with Gasteiger partial charge in [-0.15, -0.1) is 0 Å². The quantitative estimate of drug-likeness (QED) is 0.909. The fraction of sp³-hybridized carbons (Fsp3) is 0.273. The predicted molar refractivity (Wildman–Crippen MR) is 61.3 cm³/mol. The third kappa shape index (κ3) is 1.99. The van der Waals surface area contributed by atoms with Gasteiger partial charge in [0.25, 0.3) is 0 Å². The summed E-state index contributed by atoms with van der Waals surface area (Å²) in [5.74, 6) is 0.986. The molecule has 0 saturated carbocycles. The standard InChI is InChI=1S/C11H12BrNO/c1-2-13-7-10-6-8-5-9(12)3-4-11(8)14-10/h3-6,13H,2,7H2,1H3. The molecule has 0 atom stereocenters. The van der Waals surface area contributed by atoms with Crippen LogP contribution in [0, 0.1) is 0 Å². The van der Waals surface area contributed by atoms with E-state index in [1.165, 1.54) is 0 Å². The zero-order valence-corrected chi connectivity index (χ0v) is 9.60. The molecule has 74 valence electrons. The molecule has 2 aromatic rings. The van der Waals surface area contributed by atoms with E-state index in [4.69, 9.17) is 4.42 Å². The van der Waals surface area contributed by atoms with Gasteiger partial charge in [0.05, 0.1) is 6.54 Å². The van der Waals surface area contributed by atoms with Gasteiger partial charge in [-0.25, -0.2) is 0 Å². The number of halogens is 1. The third-order valence-corrected chi connectivity index (χ3v) is 2.57. The van der Waals surface area contributed by atoms with Crippen molar-refractivity contribution in [3.8, 4) is 0 Å². The van der Waals surface area contributed by atoms with Gasteiger partial charge in [-0.2, -0.15) is 0 Å². The molecule has 0 radical (unpaired) electrons. The minimum absolute atomic E-state index is 0.794. The monoisotopic (exact) mass is 253 g/mol. The van der Waals surface area contributed by atoms with E-state index in [0.717, 1.165) is 34.3 Å². The van der Waals surface area contributed by atoms with Crippen molar-refractivity contribution in [2.45, 2.75) is 13.5 Å². The van der Waals surface area contributed by atoms with E-state index in [-0.39, 0.29) is 0 Å². The van der Waals surface area contributed by atoms with Crippen LogP contribution in [-0.2, 0) is 6.54 Å². The summed E-state index contributed by atoms with van der Waals surface area (Å²) < 4.78 is 6.73. The Morgan fingerprint density at radius 3 is 3.00 bits per heavy atom. The highest BCUT2D eigenvalue weighted by molar-refractivity contribution is 9.10. The van der Waals surface area contributed by atoms with Gasteiger partial charge in [0, 0.05) is 9.86 Å². The number of fused-ring (bicyclic) bond motifs is 1. The molecule has 1 aromatic heterocycles. The molecule has 1 N–H and O–H groups in total. The summed E-state index contributed by atoms with van der Waals surface area (Å²) in [6, 6.07) is 8.11. The molecule has 0 bridgehead atoms. The summed E-state index contributed by atoms with van der Waals surface area (Å²) in [6.07, 6.45) is 0. The molecule has 14 heavy (non-hydrogen) atoms. The summed E-state index contributed by atoms with van der Waals surface area (Å²) in [6.45, 7) is 3.84. The van der Waals surface area contributed by atoms with Crippen LogP contribution in [0.2, 0.25) is 0 Å². The van der Waals surface area contributed by atoms with Gasteiger partial charge in [0.2, 0.25) is 0 Å². The Morgan fingerprint density at radius 1 is 1.36 bits per heavy atom. The van der Waals surface area contributed by atoms with Crippen molar-refractivity contribution in [3.63, 3.8) is 0 Å². The number of hydrogen-bond acceptors (Lipinski definition) is 2. The molecule has 3 heteroatoms. The topological polar surface area (TPSA) is 25.2 Å². The Morgan fingerprint density at radius 2 is 2.21 bits per heavy atom. The summed E-state index contributed by atoms with van der Waals surface area (Å²) in [4.78, 5) is 0. The van der Waals surface area contributed by atoms with E-state index in [0.29, 0.717) is 0 Å². The van der Waals surface area contributed by atoms with E-state index in [2.05, 4.69) is 40.3 Å². The van der Waals surface area contributed by atoms with E-state index in [1.807, 2.05) is 12.1 Å². The van der Waals surface area contributed by atoms with Crippen molar-refractivity contribution in [3.05, 3.63) is 34.5 Å². The number of benzene rings is 1. The summed E-state index contributed by atoms with van der Waals surface area (Å²) in [7, 11) is 0. The van der Waals surface area contributed by atoms with E-state index >= 15 is 0 Å². The molecule has 2 rings (SSSR count). The van der Waals surface area contributed by atoms with Gasteiger partial charge in [-0.05, 0) is 30.8 Å². The van der Waals surface area contributed by atoms with Crippen molar-refractivity contribution in [2.75, 3.05) is 6.54 Å². The minimum Gasteiger partial charge on any atom is -0.460 e. The second-order valence-corrected chi connectivity index (χ2v) is 4.09. The average Bonchev–Trinajstić information content (AvgIpc) is 2.56. The first kappa shape index (κ1) is 9.74. The van der Waals surface area contributed by atoms with Crippen molar-refractivity contribution < 1.29 is 4.42 Å². The molecular weight excluding hydrogens is 242 g/mol. The molecule has 0 aliphatic carbocycles. The van der Waals surface area contributed by atoms with Gasteiger partial charge < -0.3 is 9.73 Å². The molecule has 0 unspecified atom stereocenters. The highest BCUT2D eigenvalue weighted by Crippen LogP contribution is 2.23. The van der Waals surface area contributed by atoms with Crippen molar-refractivity contribution in [1.29, 1.82) is 0 Å². The van der Waals surface area contributed by atoms with Crippen LogP contribution in [0.3, 0.4) is 0 Å². The Labute approximate surface area is 91.4 Å². The maximum Gasteiger partial charge on any atom is 0.134 e. The lowest BCUT2D eigenvalue weighted by Crippen LogP contribution is -2.10. The van der Waals surface area contributed by atoms with Crippen molar-refractivity contribution in [1.82, 2.24) is 5.32 Å². The summed E-state index contributed by atoms with van der Waals surface area (Å²) in [5.41, 5.74) is 0.945. The van der Waals surface area contributed by atoms with Gasteiger partial charge in [0.15, 0.2) is 0 Å². The van der Waals surface area contributed by atoms with Crippen LogP contribution in [0.5, 0.6) is 0 Å². The first-order valence-corrected chi connectivity index (χ1v) is 5.47. The molecular formula is C11H12BrNO. The van der Waals surface area contributed by atoms with E-state index < -0.39 is 0 Å². The summed E-state index contributed by atoms with van der Waals surface area (Å²) >= 11 is 3.44. The van der Waals surface area contributed by atoms with Crippen LogP contribution >= 0.6 is 15.9 Å². The number of nitrogens with one attached hydrogen (secondary N) is 1. The Hall–Kier alpha value is -0.800. The van der Waals surface area contributed by atoms with Gasteiger partial charge in [-0.3, -0.25) is 0 Å². The Balaban J connectivity index is 2.32. The van der Waals surface area contributed by atoms with Crippen LogP contribution in [0.1, 0.15) is 12.7 Å². The number of furan rings is 1. The number of rotatable bonds is 3. The normalized spacial score (nSPS) is 11.0. The number of hydrogen-bond donors (Lipinski definition) is 1. The first-order chi connectivity index (χ1) is 6.79. The maximum absolute atomic E-state index is 5.64. The second kappa shape index (κ2) is 4.15. The lowest BCUT2D eigenvalue weighted by molar-refractivity contribution is 0.520. The van der Waals surface area contributed by atoms with E-state index in [1.54, 1.807) is 0 Å². The van der Waals surface area contributed by atoms with Crippen molar-refractivity contribution in [2.24, 2.45) is 0 Å². The molecule has 1 aromatic carbocycles. The fourth-order valence-electron chi connectivity index (χ4n) is 1.40. The highest BCUT2D eigenvalue weighted by Gasteiger charge is 2.02. The zero-order chi connectivity index (χ0) is 9.97. The SMILES string of the molecule is CCNCc1cc2cc(Br)ccc2o1. The molecule has 1 heterocycles. The molecule has 0 aliphatic heterocycles. The predicted octanol–water partition coefficient (Wildman–Crippen LogP) is 3.30. The van der Waals surface area contributed by atoms with Crippen LogP contribution in [0.25, 0.3) is 11.0 Å². The van der Waals surface area contributed by atoms with Crippen LogP contribution < -0.4 is 5.32 Å². The zero-order valence-electron chi connectivity index (χ0n) is 8.01.